The van der Waals surface area contributed by atoms with E-state index in [1.54, 1.807) is 20.3 Å². The predicted octanol–water partition coefficient (Wildman–Crippen LogP) is 6.15. The summed E-state index contributed by atoms with van der Waals surface area (Å²) in [7, 11) is 5.14. The summed E-state index contributed by atoms with van der Waals surface area (Å²) in [6, 6.07) is 20.9. The lowest BCUT2D eigenvalue weighted by Gasteiger charge is -2.23. The Morgan fingerprint density at radius 3 is 2.24 bits per heavy atom. The van der Waals surface area contributed by atoms with Crippen molar-refractivity contribution in [1.82, 2.24) is 4.57 Å². The number of fused-ring (bicyclic) bond motifs is 1. The summed E-state index contributed by atoms with van der Waals surface area (Å²) in [5.41, 5.74) is 3.76. The zero-order valence-corrected chi connectivity index (χ0v) is 19.8. The highest BCUT2D eigenvalue weighted by Crippen LogP contribution is 2.34. The molecule has 1 aromatic heterocycles. The quantitative estimate of drug-likeness (QED) is 0.329. The van der Waals surface area contributed by atoms with Crippen LogP contribution in [0.15, 0.2) is 71.5 Å². The monoisotopic (exact) mass is 463 g/mol. The minimum Gasteiger partial charge on any atom is -0.497 e. The molecule has 0 amide bonds. The second kappa shape index (κ2) is 9.69. The molecule has 1 heterocycles. The Balaban J connectivity index is 1.85. The molecule has 0 aliphatic heterocycles. The number of hydrogen-bond acceptors (Lipinski definition) is 4. The lowest BCUT2D eigenvalue weighted by atomic mass is 9.97. The van der Waals surface area contributed by atoms with E-state index in [4.69, 9.17) is 25.8 Å². The third-order valence-electron chi connectivity index (χ3n) is 5.82. The fourth-order valence-electron chi connectivity index (χ4n) is 4.10. The van der Waals surface area contributed by atoms with Crippen molar-refractivity contribution in [1.29, 1.82) is 0 Å². The van der Waals surface area contributed by atoms with Crippen molar-refractivity contribution in [3.63, 3.8) is 0 Å². The summed E-state index contributed by atoms with van der Waals surface area (Å²) in [6.07, 6.45) is -0.366. The third-order valence-corrected chi connectivity index (χ3v) is 6.12. The largest absolute Gasteiger partial charge is 0.497 e. The van der Waals surface area contributed by atoms with Crippen LogP contribution in [-0.4, -0.2) is 18.8 Å². The molecule has 0 fully saturated rings. The molecule has 4 rings (SSSR count). The SMILES string of the molecule is COc1ccc(CO[C@H](C)c2c(-c3ccccc3)c(=O)c3c(Cl)cc(OC)cc3n2C)cc1. The molecule has 33 heavy (non-hydrogen) atoms. The topological polar surface area (TPSA) is 49.7 Å². The van der Waals surface area contributed by atoms with E-state index in [9.17, 15) is 4.79 Å². The molecule has 0 N–H and O–H groups in total. The van der Waals surface area contributed by atoms with E-state index in [0.717, 1.165) is 22.6 Å². The third kappa shape index (κ3) is 4.47. The van der Waals surface area contributed by atoms with Gasteiger partial charge < -0.3 is 18.8 Å². The lowest BCUT2D eigenvalue weighted by Crippen LogP contribution is -2.20. The molecule has 6 heteroatoms. The number of aromatic nitrogens is 1. The normalized spacial score (nSPS) is 12.0. The maximum absolute atomic E-state index is 13.8. The van der Waals surface area contributed by atoms with Crippen molar-refractivity contribution in [2.45, 2.75) is 19.6 Å². The van der Waals surface area contributed by atoms with Gasteiger partial charge in [-0.25, -0.2) is 0 Å². The average molecular weight is 464 g/mol. The van der Waals surface area contributed by atoms with E-state index < -0.39 is 0 Å². The zero-order chi connectivity index (χ0) is 23.5. The maximum Gasteiger partial charge on any atom is 0.199 e. The van der Waals surface area contributed by atoms with Crippen LogP contribution in [0.25, 0.3) is 22.0 Å². The molecular weight excluding hydrogens is 438 g/mol. The minimum atomic E-state index is -0.366. The number of rotatable bonds is 7. The Labute approximate surface area is 198 Å². The van der Waals surface area contributed by atoms with Gasteiger partial charge in [-0.2, -0.15) is 0 Å². The number of methoxy groups -OCH3 is 2. The molecule has 0 bridgehead atoms. The first-order chi connectivity index (χ1) is 15.9. The van der Waals surface area contributed by atoms with Gasteiger partial charge in [0.1, 0.15) is 11.5 Å². The van der Waals surface area contributed by atoms with Crippen LogP contribution in [0.4, 0.5) is 0 Å². The van der Waals surface area contributed by atoms with Crippen LogP contribution in [0.2, 0.25) is 5.02 Å². The molecular formula is C27H26ClNO4. The van der Waals surface area contributed by atoms with Crippen LogP contribution < -0.4 is 14.9 Å². The molecule has 5 nitrogen and oxygen atoms in total. The Morgan fingerprint density at radius 1 is 0.939 bits per heavy atom. The lowest BCUT2D eigenvalue weighted by molar-refractivity contribution is 0.0482. The van der Waals surface area contributed by atoms with Gasteiger partial charge in [-0.3, -0.25) is 4.79 Å². The van der Waals surface area contributed by atoms with Crippen molar-refractivity contribution < 1.29 is 14.2 Å². The Hall–Kier alpha value is -3.28. The van der Waals surface area contributed by atoms with Crippen LogP contribution in [0, 0.1) is 0 Å². The van der Waals surface area contributed by atoms with Crippen LogP contribution in [0.1, 0.15) is 24.3 Å². The van der Waals surface area contributed by atoms with Crippen LogP contribution in [0.5, 0.6) is 11.5 Å². The molecule has 0 aliphatic rings. The molecule has 0 saturated heterocycles. The van der Waals surface area contributed by atoms with Gasteiger partial charge >= 0.3 is 0 Å². The van der Waals surface area contributed by atoms with Crippen LogP contribution in [-0.2, 0) is 18.4 Å². The van der Waals surface area contributed by atoms with Crippen molar-refractivity contribution in [3.05, 3.63) is 93.2 Å². The van der Waals surface area contributed by atoms with Gasteiger partial charge in [0.25, 0.3) is 0 Å². The second-order valence-corrected chi connectivity index (χ2v) is 8.23. The van der Waals surface area contributed by atoms with E-state index in [2.05, 4.69) is 0 Å². The summed E-state index contributed by atoms with van der Waals surface area (Å²) in [5, 5.41) is 0.824. The van der Waals surface area contributed by atoms with Crippen molar-refractivity contribution in [2.24, 2.45) is 7.05 Å². The first kappa shape index (κ1) is 22.9. The van der Waals surface area contributed by atoms with Gasteiger partial charge in [0.15, 0.2) is 5.43 Å². The van der Waals surface area contributed by atoms with Crippen molar-refractivity contribution in [2.75, 3.05) is 14.2 Å². The van der Waals surface area contributed by atoms with E-state index in [-0.39, 0.29) is 11.5 Å². The number of aryl methyl sites for hydroxylation is 1. The van der Waals surface area contributed by atoms with Crippen LogP contribution in [0.3, 0.4) is 0 Å². The van der Waals surface area contributed by atoms with Gasteiger partial charge in [-0.15, -0.1) is 0 Å². The van der Waals surface area contributed by atoms with Gasteiger partial charge in [0, 0.05) is 13.1 Å². The number of hydrogen-bond donors (Lipinski definition) is 0. The highest BCUT2D eigenvalue weighted by atomic mass is 35.5. The standard InChI is InChI=1S/C27H26ClNO4/c1-17(33-16-18-10-12-20(31-3)13-11-18)26-24(19-8-6-5-7-9-19)27(30)25-22(28)14-21(32-4)15-23(25)29(26)2/h5-15,17H,16H2,1-4H3/t17-/m1/s1. The molecule has 3 aromatic carbocycles. The fourth-order valence-corrected chi connectivity index (χ4v) is 4.39. The summed E-state index contributed by atoms with van der Waals surface area (Å²) >= 11 is 6.54. The molecule has 170 valence electrons. The average Bonchev–Trinajstić information content (AvgIpc) is 2.84. The number of ether oxygens (including phenoxy) is 3. The molecule has 1 atom stereocenters. The highest BCUT2D eigenvalue weighted by Gasteiger charge is 2.23. The van der Waals surface area contributed by atoms with E-state index in [1.807, 2.05) is 79.2 Å². The molecule has 0 radical (unpaired) electrons. The minimum absolute atomic E-state index is 0.128. The first-order valence-electron chi connectivity index (χ1n) is 10.6. The van der Waals surface area contributed by atoms with Gasteiger partial charge in [0.05, 0.1) is 54.1 Å². The highest BCUT2D eigenvalue weighted by molar-refractivity contribution is 6.35. The van der Waals surface area contributed by atoms with Gasteiger partial charge in [-0.05, 0) is 36.2 Å². The number of halogens is 1. The first-order valence-corrected chi connectivity index (χ1v) is 11.0. The summed E-state index contributed by atoms with van der Waals surface area (Å²) < 4.78 is 18.9. The van der Waals surface area contributed by atoms with E-state index >= 15 is 0 Å². The molecule has 4 aromatic rings. The number of benzene rings is 3. The van der Waals surface area contributed by atoms with Crippen molar-refractivity contribution in [3.8, 4) is 22.6 Å². The zero-order valence-electron chi connectivity index (χ0n) is 19.1. The fraction of sp³-hybridized carbons (Fsp3) is 0.222. The Morgan fingerprint density at radius 2 is 1.61 bits per heavy atom. The summed E-state index contributed by atoms with van der Waals surface area (Å²) in [5.74, 6) is 1.38. The van der Waals surface area contributed by atoms with Gasteiger partial charge in [-0.1, -0.05) is 54.1 Å². The summed E-state index contributed by atoms with van der Waals surface area (Å²) in [6.45, 7) is 2.35. The maximum atomic E-state index is 13.8. The van der Waals surface area contributed by atoms with Gasteiger partial charge in [0.2, 0.25) is 0 Å². The number of pyridine rings is 1. The smallest absolute Gasteiger partial charge is 0.199 e. The number of nitrogens with zero attached hydrogens (tertiary/aromatic N) is 1. The molecule has 0 aliphatic carbocycles. The molecule has 0 saturated carbocycles. The van der Waals surface area contributed by atoms with E-state index in [0.29, 0.717) is 33.8 Å². The Bertz CT molecular complexity index is 1330. The Kier molecular flexibility index (Phi) is 6.72. The predicted molar refractivity (Wildman–Crippen MR) is 132 cm³/mol. The summed E-state index contributed by atoms with van der Waals surface area (Å²) in [4.78, 5) is 13.8. The van der Waals surface area contributed by atoms with Crippen LogP contribution >= 0.6 is 11.6 Å². The second-order valence-electron chi connectivity index (χ2n) is 7.82. The van der Waals surface area contributed by atoms with E-state index in [1.165, 1.54) is 0 Å². The molecule has 0 spiro atoms. The van der Waals surface area contributed by atoms with Crippen molar-refractivity contribution >= 4 is 22.5 Å². The molecule has 0 unspecified atom stereocenters.